The number of urea groups is 1. The maximum atomic E-state index is 12.1. The summed E-state index contributed by atoms with van der Waals surface area (Å²) in [7, 11) is 1.88. The first kappa shape index (κ1) is 17.3. The first-order chi connectivity index (χ1) is 10.7. The van der Waals surface area contributed by atoms with Gasteiger partial charge in [0.05, 0.1) is 0 Å². The minimum atomic E-state index is 0.0818. The lowest BCUT2D eigenvalue weighted by Gasteiger charge is -2.34. The van der Waals surface area contributed by atoms with Crippen molar-refractivity contribution < 1.29 is 4.79 Å². The number of carbonyl (C=O) groups excluding carboxylic acids is 1. The fourth-order valence-electron chi connectivity index (χ4n) is 3.68. The summed E-state index contributed by atoms with van der Waals surface area (Å²) in [6, 6.07) is 0.437. The van der Waals surface area contributed by atoms with E-state index in [1.54, 1.807) is 4.90 Å². The van der Waals surface area contributed by atoms with Gasteiger partial charge in [0.25, 0.3) is 0 Å². The van der Waals surface area contributed by atoms with Gasteiger partial charge < -0.3 is 15.1 Å². The van der Waals surface area contributed by atoms with Crippen LogP contribution in [0.4, 0.5) is 4.79 Å². The maximum Gasteiger partial charge on any atom is 0.317 e. The first-order valence-electron chi connectivity index (χ1n) is 9.04. The Kier molecular flexibility index (Phi) is 7.23. The van der Waals surface area contributed by atoms with Crippen molar-refractivity contribution in [1.29, 1.82) is 0 Å². The van der Waals surface area contributed by atoms with Crippen molar-refractivity contribution in [2.24, 2.45) is 5.92 Å². The Hall–Kier alpha value is -1.03. The average molecular weight is 307 g/mol. The van der Waals surface area contributed by atoms with E-state index in [4.69, 9.17) is 0 Å². The summed E-state index contributed by atoms with van der Waals surface area (Å²) in [5.74, 6) is 0.933. The molecule has 4 nitrogen and oxygen atoms in total. The quantitative estimate of drug-likeness (QED) is 0.579. The van der Waals surface area contributed by atoms with Crippen molar-refractivity contribution in [2.75, 3.05) is 33.2 Å². The van der Waals surface area contributed by atoms with Crippen LogP contribution in [-0.2, 0) is 0 Å². The minimum absolute atomic E-state index is 0.0818. The fourth-order valence-corrected chi connectivity index (χ4v) is 3.68. The first-order valence-corrected chi connectivity index (χ1v) is 9.04. The number of piperidine rings is 1. The van der Waals surface area contributed by atoms with E-state index < -0.39 is 0 Å². The van der Waals surface area contributed by atoms with Crippen LogP contribution in [0.2, 0.25) is 0 Å². The summed E-state index contributed by atoms with van der Waals surface area (Å²) in [5, 5.41) is 3.19. The molecule has 1 heterocycles. The predicted molar refractivity (Wildman–Crippen MR) is 92.0 cm³/mol. The van der Waals surface area contributed by atoms with Crippen molar-refractivity contribution in [3.05, 3.63) is 12.7 Å². The molecule has 1 saturated heterocycles. The molecule has 0 bridgehead atoms. The molecule has 0 unspecified atom stereocenters. The minimum Gasteiger partial charge on any atom is -0.335 e. The van der Waals surface area contributed by atoms with Gasteiger partial charge in [0.1, 0.15) is 0 Å². The number of nitrogens with zero attached hydrogens (tertiary/aromatic N) is 2. The average Bonchev–Trinajstić information content (AvgIpc) is 3.02. The van der Waals surface area contributed by atoms with Gasteiger partial charge in [-0.05, 0) is 44.4 Å². The van der Waals surface area contributed by atoms with Gasteiger partial charge in [-0.3, -0.25) is 0 Å². The highest BCUT2D eigenvalue weighted by Gasteiger charge is 2.24. The Morgan fingerprint density at radius 2 is 1.95 bits per heavy atom. The van der Waals surface area contributed by atoms with Crippen LogP contribution in [0, 0.1) is 5.92 Å². The normalized spacial score (nSPS) is 21.0. The lowest BCUT2D eigenvalue weighted by atomic mass is 10.0. The van der Waals surface area contributed by atoms with Gasteiger partial charge in [-0.2, -0.15) is 0 Å². The van der Waals surface area contributed by atoms with Gasteiger partial charge in [0, 0.05) is 39.3 Å². The molecule has 4 heteroatoms. The van der Waals surface area contributed by atoms with Gasteiger partial charge in [-0.1, -0.05) is 18.9 Å². The molecule has 0 radical (unpaired) electrons. The number of rotatable bonds is 7. The second-order valence-electron chi connectivity index (χ2n) is 7.03. The van der Waals surface area contributed by atoms with Gasteiger partial charge in [0.2, 0.25) is 0 Å². The molecule has 126 valence electrons. The molecule has 2 amide bonds. The molecule has 2 rings (SSSR count). The summed E-state index contributed by atoms with van der Waals surface area (Å²) in [6.07, 6.45) is 11.8. The Morgan fingerprint density at radius 1 is 1.27 bits per heavy atom. The van der Waals surface area contributed by atoms with E-state index in [-0.39, 0.29) is 6.03 Å². The highest BCUT2D eigenvalue weighted by atomic mass is 16.2. The van der Waals surface area contributed by atoms with E-state index >= 15 is 0 Å². The van der Waals surface area contributed by atoms with Crippen LogP contribution in [0.1, 0.15) is 51.4 Å². The second kappa shape index (κ2) is 9.19. The number of hydrogen-bond acceptors (Lipinski definition) is 2. The zero-order chi connectivity index (χ0) is 15.8. The number of likely N-dealkylation sites (tertiary alicyclic amines) is 1. The van der Waals surface area contributed by atoms with Gasteiger partial charge in [-0.25, -0.2) is 4.79 Å². The molecule has 22 heavy (non-hydrogen) atoms. The molecular formula is C18H33N3O. The van der Waals surface area contributed by atoms with Crippen LogP contribution >= 0.6 is 0 Å². The topological polar surface area (TPSA) is 35.6 Å². The highest BCUT2D eigenvalue weighted by molar-refractivity contribution is 5.74. The molecule has 1 saturated carbocycles. The molecule has 1 N–H and O–H groups in total. The van der Waals surface area contributed by atoms with Gasteiger partial charge in [0.15, 0.2) is 0 Å². The molecule has 0 aromatic carbocycles. The molecule has 0 atom stereocenters. The molecule has 2 fully saturated rings. The number of unbranched alkanes of at least 4 members (excludes halogenated alkanes) is 1. The second-order valence-corrected chi connectivity index (χ2v) is 7.03. The zero-order valence-electron chi connectivity index (χ0n) is 14.2. The van der Waals surface area contributed by atoms with Gasteiger partial charge in [-0.15, -0.1) is 6.58 Å². The molecule has 0 spiro atoms. The lowest BCUT2D eigenvalue weighted by Crippen LogP contribution is -2.49. The Bertz CT molecular complexity index is 344. The summed E-state index contributed by atoms with van der Waals surface area (Å²) in [5.41, 5.74) is 0. The molecular weight excluding hydrogens is 274 g/mol. The molecule has 1 aliphatic heterocycles. The molecule has 0 aromatic heterocycles. The van der Waals surface area contributed by atoms with E-state index in [0.717, 1.165) is 51.2 Å². The third-order valence-electron chi connectivity index (χ3n) is 5.15. The third kappa shape index (κ3) is 5.64. The van der Waals surface area contributed by atoms with Gasteiger partial charge >= 0.3 is 6.03 Å². The van der Waals surface area contributed by atoms with Crippen molar-refractivity contribution in [3.63, 3.8) is 0 Å². The highest BCUT2D eigenvalue weighted by Crippen LogP contribution is 2.26. The fraction of sp³-hybridized carbons (Fsp3) is 0.833. The van der Waals surface area contributed by atoms with Crippen molar-refractivity contribution in [1.82, 2.24) is 15.1 Å². The number of amides is 2. The number of nitrogens with one attached hydrogen (secondary N) is 1. The van der Waals surface area contributed by atoms with Crippen LogP contribution in [0.3, 0.4) is 0 Å². The molecule has 0 aromatic rings. The molecule has 2 aliphatic rings. The zero-order valence-corrected chi connectivity index (χ0v) is 14.2. The largest absolute Gasteiger partial charge is 0.335 e. The van der Waals surface area contributed by atoms with E-state index in [1.807, 2.05) is 13.1 Å². The Labute approximate surface area is 135 Å². The van der Waals surface area contributed by atoms with E-state index in [2.05, 4.69) is 16.8 Å². The van der Waals surface area contributed by atoms with Crippen LogP contribution in [-0.4, -0.2) is 55.1 Å². The third-order valence-corrected chi connectivity index (χ3v) is 5.15. The smallest absolute Gasteiger partial charge is 0.317 e. The van der Waals surface area contributed by atoms with Crippen molar-refractivity contribution in [2.45, 2.75) is 57.4 Å². The van der Waals surface area contributed by atoms with Crippen LogP contribution in [0.5, 0.6) is 0 Å². The predicted octanol–water partition coefficient (Wildman–Crippen LogP) is 3.25. The van der Waals surface area contributed by atoms with E-state index in [1.165, 1.54) is 32.2 Å². The Morgan fingerprint density at radius 3 is 2.59 bits per heavy atom. The van der Waals surface area contributed by atoms with Crippen LogP contribution in [0.15, 0.2) is 12.7 Å². The van der Waals surface area contributed by atoms with Crippen molar-refractivity contribution >= 4 is 6.03 Å². The molecule has 1 aliphatic carbocycles. The number of carbonyl (C=O) groups is 1. The Balaban J connectivity index is 1.61. The summed E-state index contributed by atoms with van der Waals surface area (Å²) >= 11 is 0. The summed E-state index contributed by atoms with van der Waals surface area (Å²) < 4.78 is 0. The monoisotopic (exact) mass is 307 g/mol. The summed E-state index contributed by atoms with van der Waals surface area (Å²) in [6.45, 7) is 8.08. The van der Waals surface area contributed by atoms with E-state index in [0.29, 0.717) is 6.04 Å². The van der Waals surface area contributed by atoms with Crippen molar-refractivity contribution in [3.8, 4) is 0 Å². The van der Waals surface area contributed by atoms with Crippen LogP contribution in [0.25, 0.3) is 0 Å². The SMILES string of the molecule is C=CCCCN(C)C(=O)NC1CCN(CC2CCCC2)CC1. The standard InChI is InChI=1S/C18H33N3O/c1-3-4-7-12-20(2)18(22)19-17-10-13-21(14-11-17)15-16-8-5-6-9-16/h3,16-17H,1,4-15H2,2H3,(H,19,22). The van der Waals surface area contributed by atoms with Crippen LogP contribution < -0.4 is 5.32 Å². The maximum absolute atomic E-state index is 12.1. The lowest BCUT2D eigenvalue weighted by molar-refractivity contribution is 0.163. The number of hydrogen-bond donors (Lipinski definition) is 1. The number of allylic oxidation sites excluding steroid dienone is 1. The summed E-state index contributed by atoms with van der Waals surface area (Å²) in [4.78, 5) is 16.5. The van der Waals surface area contributed by atoms with E-state index in [9.17, 15) is 4.79 Å².